The first-order valence-electron chi connectivity index (χ1n) is 7.10. The number of ether oxygens (including phenoxy) is 1. The average molecular weight is 425 g/mol. The Kier molecular flexibility index (Phi) is 5.11. The first kappa shape index (κ1) is 19.2. The molecule has 13 heteroatoms. The van der Waals surface area contributed by atoms with Crippen LogP contribution in [-0.4, -0.2) is 36.0 Å². The smallest absolute Gasteiger partial charge is 0.272 e. The Balaban J connectivity index is 1.92. The van der Waals surface area contributed by atoms with Crippen LogP contribution in [0.5, 0.6) is 5.88 Å². The highest BCUT2D eigenvalue weighted by Gasteiger charge is 2.23. The van der Waals surface area contributed by atoms with Gasteiger partial charge >= 0.3 is 0 Å². The van der Waals surface area contributed by atoms with Gasteiger partial charge in [0.2, 0.25) is 5.95 Å². The van der Waals surface area contributed by atoms with Crippen molar-refractivity contribution in [2.24, 2.45) is 0 Å². The third kappa shape index (κ3) is 4.06. The second-order valence-corrected chi connectivity index (χ2v) is 7.19. The average Bonchev–Trinajstić information content (AvgIpc) is 3.00. The highest BCUT2D eigenvalue weighted by molar-refractivity contribution is 7.93. The second kappa shape index (κ2) is 7.19. The molecule has 1 N–H and O–H groups in total. The third-order valence-corrected chi connectivity index (χ3v) is 4.83. The molecule has 0 fully saturated rings. The van der Waals surface area contributed by atoms with Crippen LogP contribution in [0.25, 0.3) is 5.52 Å². The molecule has 0 bridgehead atoms. The minimum absolute atomic E-state index is 0.137. The van der Waals surface area contributed by atoms with Crippen molar-refractivity contribution in [3.05, 3.63) is 47.4 Å². The van der Waals surface area contributed by atoms with Crippen LogP contribution >= 0.6 is 11.6 Å². The van der Waals surface area contributed by atoms with Gasteiger partial charge in [-0.25, -0.2) is 26.1 Å². The molecule has 27 heavy (non-hydrogen) atoms. The van der Waals surface area contributed by atoms with Crippen LogP contribution < -0.4 is 9.46 Å². The summed E-state index contributed by atoms with van der Waals surface area (Å²) in [6.45, 7) is -1.20. The quantitative estimate of drug-likeness (QED) is 0.485. The second-order valence-electron chi connectivity index (χ2n) is 5.11. The number of alkyl halides is 2. The largest absolute Gasteiger partial charge is 0.469 e. The van der Waals surface area contributed by atoms with Gasteiger partial charge in [-0.1, -0.05) is 11.6 Å². The van der Waals surface area contributed by atoms with Crippen molar-refractivity contribution in [3.63, 3.8) is 0 Å². The van der Waals surface area contributed by atoms with Crippen molar-refractivity contribution in [2.75, 3.05) is 11.3 Å². The number of anilines is 1. The predicted molar refractivity (Wildman–Crippen MR) is 86.7 cm³/mol. The summed E-state index contributed by atoms with van der Waals surface area (Å²) in [5.74, 6) is -3.79. The SMILES string of the molecule is O=S(=O)(Nc1cc(F)c(OCC(F)F)nc1F)c1cnn2cc(Cl)ccc12. The fourth-order valence-corrected chi connectivity index (χ4v) is 3.43. The number of nitrogens with zero attached hydrogens (tertiary/aromatic N) is 3. The Bertz CT molecular complexity index is 1110. The number of halogens is 5. The fraction of sp³-hybridized carbons (Fsp3) is 0.143. The Morgan fingerprint density at radius 2 is 2.04 bits per heavy atom. The van der Waals surface area contributed by atoms with E-state index in [1.165, 1.54) is 22.8 Å². The summed E-state index contributed by atoms with van der Waals surface area (Å²) in [5.41, 5.74) is -0.692. The molecule has 0 aliphatic carbocycles. The molecule has 3 heterocycles. The summed E-state index contributed by atoms with van der Waals surface area (Å²) in [6, 6.07) is 3.23. The lowest BCUT2D eigenvalue weighted by molar-refractivity contribution is 0.0768. The van der Waals surface area contributed by atoms with E-state index < -0.39 is 46.4 Å². The monoisotopic (exact) mass is 424 g/mol. The van der Waals surface area contributed by atoms with E-state index in [4.69, 9.17) is 11.6 Å². The Labute approximate surface area is 154 Å². The van der Waals surface area contributed by atoms with Gasteiger partial charge in [0, 0.05) is 12.3 Å². The number of nitrogens with one attached hydrogen (secondary N) is 1. The Morgan fingerprint density at radius 3 is 2.74 bits per heavy atom. The number of hydrogen-bond donors (Lipinski definition) is 1. The maximum absolute atomic E-state index is 14.0. The van der Waals surface area contributed by atoms with Gasteiger partial charge < -0.3 is 4.74 Å². The normalized spacial score (nSPS) is 11.9. The van der Waals surface area contributed by atoms with Crippen molar-refractivity contribution < 1.29 is 30.7 Å². The zero-order chi connectivity index (χ0) is 19.8. The van der Waals surface area contributed by atoms with Gasteiger partial charge in [0.15, 0.2) is 12.4 Å². The molecule has 0 aromatic carbocycles. The molecule has 3 aromatic heterocycles. The molecule has 0 amide bonds. The summed E-state index contributed by atoms with van der Waals surface area (Å²) < 4.78 is 84.3. The van der Waals surface area contributed by atoms with Crippen molar-refractivity contribution >= 4 is 32.8 Å². The number of sulfonamides is 1. The highest BCUT2D eigenvalue weighted by atomic mass is 35.5. The minimum atomic E-state index is -4.37. The van der Waals surface area contributed by atoms with Crippen molar-refractivity contribution in [1.82, 2.24) is 14.6 Å². The lowest BCUT2D eigenvalue weighted by Gasteiger charge is -2.10. The summed E-state index contributed by atoms with van der Waals surface area (Å²) >= 11 is 5.79. The lowest BCUT2D eigenvalue weighted by Crippen LogP contribution is -2.16. The molecular formula is C14H9ClF4N4O3S. The van der Waals surface area contributed by atoms with Crippen LogP contribution in [0.1, 0.15) is 0 Å². The number of rotatable bonds is 6. The molecule has 0 saturated heterocycles. The molecular weight excluding hydrogens is 416 g/mol. The van der Waals surface area contributed by atoms with E-state index in [1.54, 1.807) is 0 Å². The summed E-state index contributed by atoms with van der Waals surface area (Å²) in [5, 5.41) is 4.13. The van der Waals surface area contributed by atoms with Gasteiger partial charge in [0.25, 0.3) is 22.3 Å². The highest BCUT2D eigenvalue weighted by Crippen LogP contribution is 2.26. The van der Waals surface area contributed by atoms with E-state index in [0.717, 1.165) is 6.20 Å². The number of pyridine rings is 2. The molecule has 3 aromatic rings. The standard InChI is InChI=1S/C14H9ClF4N4O3S/c15-7-1-2-10-11(4-20-23(10)5-7)27(24,25)22-9-3-8(16)14(21-13(9)19)26-6-12(17)18/h1-5,12,22H,6H2. The van der Waals surface area contributed by atoms with E-state index in [1.807, 2.05) is 4.72 Å². The maximum atomic E-state index is 14.0. The van der Waals surface area contributed by atoms with Crippen LogP contribution in [0.15, 0.2) is 35.5 Å². The maximum Gasteiger partial charge on any atom is 0.272 e. The number of aromatic nitrogens is 3. The summed E-state index contributed by atoms with van der Waals surface area (Å²) in [6.07, 6.45) is -0.570. The van der Waals surface area contributed by atoms with Gasteiger partial charge in [-0.3, -0.25) is 4.72 Å². The Morgan fingerprint density at radius 1 is 1.30 bits per heavy atom. The van der Waals surface area contributed by atoms with E-state index in [9.17, 15) is 26.0 Å². The van der Waals surface area contributed by atoms with E-state index in [0.29, 0.717) is 11.1 Å². The van der Waals surface area contributed by atoms with Gasteiger partial charge in [-0.15, -0.1) is 0 Å². The van der Waals surface area contributed by atoms with Gasteiger partial charge in [0.05, 0.1) is 16.7 Å². The van der Waals surface area contributed by atoms with Crippen molar-refractivity contribution in [3.8, 4) is 5.88 Å². The molecule has 7 nitrogen and oxygen atoms in total. The minimum Gasteiger partial charge on any atom is -0.469 e. The van der Waals surface area contributed by atoms with E-state index >= 15 is 0 Å². The molecule has 0 radical (unpaired) electrons. The van der Waals surface area contributed by atoms with Crippen molar-refractivity contribution in [2.45, 2.75) is 11.3 Å². The van der Waals surface area contributed by atoms with E-state index in [-0.39, 0.29) is 10.4 Å². The topological polar surface area (TPSA) is 85.6 Å². The first-order valence-corrected chi connectivity index (χ1v) is 8.96. The molecule has 3 rings (SSSR count). The van der Waals surface area contributed by atoms with Gasteiger partial charge in [-0.2, -0.15) is 14.5 Å². The zero-order valence-corrected chi connectivity index (χ0v) is 14.6. The van der Waals surface area contributed by atoms with Crippen molar-refractivity contribution in [1.29, 1.82) is 0 Å². The molecule has 0 atom stereocenters. The lowest BCUT2D eigenvalue weighted by atomic mass is 10.4. The van der Waals surface area contributed by atoms with Gasteiger partial charge in [-0.05, 0) is 12.1 Å². The third-order valence-electron chi connectivity index (χ3n) is 3.22. The fourth-order valence-electron chi connectivity index (χ4n) is 2.11. The van der Waals surface area contributed by atoms with Crippen LogP contribution in [0.3, 0.4) is 0 Å². The molecule has 144 valence electrons. The van der Waals surface area contributed by atoms with Crippen LogP contribution in [0.2, 0.25) is 5.02 Å². The van der Waals surface area contributed by atoms with Crippen LogP contribution in [-0.2, 0) is 10.0 Å². The molecule has 0 aliphatic heterocycles. The molecule has 0 unspecified atom stereocenters. The van der Waals surface area contributed by atoms with Gasteiger partial charge in [0.1, 0.15) is 10.6 Å². The predicted octanol–water partition coefficient (Wildman–Crippen LogP) is 3.11. The molecule has 0 aliphatic rings. The first-order chi connectivity index (χ1) is 12.7. The van der Waals surface area contributed by atoms with Crippen LogP contribution in [0, 0.1) is 11.8 Å². The zero-order valence-electron chi connectivity index (χ0n) is 13.0. The number of hydrogen-bond acceptors (Lipinski definition) is 5. The van der Waals surface area contributed by atoms with Crippen LogP contribution in [0.4, 0.5) is 23.2 Å². The number of fused-ring (bicyclic) bond motifs is 1. The molecule has 0 saturated carbocycles. The summed E-state index contributed by atoms with van der Waals surface area (Å²) in [7, 11) is -4.37. The molecule has 0 spiro atoms. The van der Waals surface area contributed by atoms with E-state index in [2.05, 4.69) is 14.8 Å². The summed E-state index contributed by atoms with van der Waals surface area (Å²) in [4.78, 5) is 2.70. The Hall–Kier alpha value is -2.60.